The third kappa shape index (κ3) is 4.83. The Labute approximate surface area is 156 Å². The van der Waals surface area contributed by atoms with E-state index in [-0.39, 0.29) is 11.2 Å². The lowest BCUT2D eigenvalue weighted by Gasteiger charge is -2.22. The van der Waals surface area contributed by atoms with Gasteiger partial charge >= 0.3 is 8.25 Å². The van der Waals surface area contributed by atoms with E-state index in [2.05, 4.69) is 31.0 Å². The van der Waals surface area contributed by atoms with Gasteiger partial charge in [0.05, 0.1) is 0 Å². The van der Waals surface area contributed by atoms with Crippen molar-refractivity contribution >= 4 is 30.9 Å². The van der Waals surface area contributed by atoms with Crippen molar-refractivity contribution in [1.29, 1.82) is 0 Å². The third-order valence-corrected chi connectivity index (χ3v) is 3.84. The molecule has 0 saturated heterocycles. The molecule has 9 heteroatoms. The average Bonchev–Trinajstić information content (AvgIpc) is 2.90. The Morgan fingerprint density at radius 3 is 2.23 bits per heavy atom. The van der Waals surface area contributed by atoms with Crippen LogP contribution in [0.25, 0.3) is 16.7 Å². The van der Waals surface area contributed by atoms with Gasteiger partial charge in [-0.2, -0.15) is 0 Å². The molecule has 0 aliphatic rings. The number of rotatable bonds is 1. The molecule has 3 rings (SSSR count). The molecule has 0 aliphatic heterocycles. The van der Waals surface area contributed by atoms with Gasteiger partial charge in [0.25, 0.3) is 0 Å². The highest BCUT2D eigenvalue weighted by atomic mass is 35.5. The zero-order chi connectivity index (χ0) is 19.6. The minimum Gasteiger partial charge on any atom is -0.505 e. The predicted molar refractivity (Wildman–Crippen MR) is 102 cm³/mol. The first kappa shape index (κ1) is 20.4. The molecular formula is C17H21ClN3O4P. The van der Waals surface area contributed by atoms with Crippen molar-refractivity contribution in [2.45, 2.75) is 33.1 Å². The van der Waals surface area contributed by atoms with Gasteiger partial charge in [0.1, 0.15) is 22.5 Å². The zero-order valence-corrected chi connectivity index (χ0v) is 16.6. The number of aromatic nitrogens is 3. The number of aryl methyl sites for hydroxylation is 1. The molecule has 7 nitrogen and oxygen atoms in total. The van der Waals surface area contributed by atoms with Gasteiger partial charge in [-0.15, -0.1) is 15.0 Å². The number of halogens is 1. The lowest BCUT2D eigenvalue weighted by molar-refractivity contribution is 0.405. The molecule has 1 heterocycles. The summed E-state index contributed by atoms with van der Waals surface area (Å²) in [5.41, 5.74) is 3.78. The molecule has 0 spiro atoms. The molecular weight excluding hydrogens is 377 g/mol. The van der Waals surface area contributed by atoms with Gasteiger partial charge in [-0.1, -0.05) is 38.4 Å². The standard InChI is InChI=1S/C17H18ClN3O.H3O3P/c1-10-7-12(17(2,3)4)16(22)15(8-10)21-19-13-6-5-11(18)9-14(13)20-21;1-4(2)3/h5-9,22H,1-4H3;4H,(H2,1,2,3). The van der Waals surface area contributed by atoms with Crippen molar-refractivity contribution in [1.82, 2.24) is 15.0 Å². The van der Waals surface area contributed by atoms with Crippen LogP contribution in [0.2, 0.25) is 5.02 Å². The van der Waals surface area contributed by atoms with E-state index in [9.17, 15) is 5.11 Å². The number of phenols is 1. The second-order valence-electron chi connectivity index (χ2n) is 6.84. The van der Waals surface area contributed by atoms with Crippen LogP contribution in [-0.2, 0) is 9.98 Å². The Morgan fingerprint density at radius 1 is 1.08 bits per heavy atom. The summed E-state index contributed by atoms with van der Waals surface area (Å²) < 4.78 is 8.74. The van der Waals surface area contributed by atoms with Crippen molar-refractivity contribution < 1.29 is 19.5 Å². The second kappa shape index (κ2) is 7.76. The first-order valence-electron chi connectivity index (χ1n) is 7.78. The Balaban J connectivity index is 0.000000552. The average molecular weight is 398 g/mol. The van der Waals surface area contributed by atoms with E-state index in [1.807, 2.05) is 25.1 Å². The molecule has 140 valence electrons. The number of fused-ring (bicyclic) bond motifs is 1. The van der Waals surface area contributed by atoms with Crippen LogP contribution in [0.5, 0.6) is 5.75 Å². The number of aromatic hydroxyl groups is 1. The van der Waals surface area contributed by atoms with Crippen molar-refractivity contribution in [3.8, 4) is 11.4 Å². The number of hydrogen-bond acceptors (Lipinski definition) is 4. The smallest absolute Gasteiger partial charge is 0.314 e. The van der Waals surface area contributed by atoms with Gasteiger partial charge < -0.3 is 14.9 Å². The minimum atomic E-state index is -3.13. The Hall–Kier alpha value is -1.92. The fourth-order valence-electron chi connectivity index (χ4n) is 2.48. The van der Waals surface area contributed by atoms with E-state index >= 15 is 0 Å². The van der Waals surface area contributed by atoms with Crippen LogP contribution in [0.3, 0.4) is 0 Å². The molecule has 0 bridgehead atoms. The molecule has 0 unspecified atom stereocenters. The maximum absolute atomic E-state index is 10.7. The summed E-state index contributed by atoms with van der Waals surface area (Å²) in [5, 5.41) is 20.1. The number of nitrogens with zero attached hydrogens (tertiary/aromatic N) is 3. The maximum atomic E-state index is 10.7. The van der Waals surface area contributed by atoms with E-state index in [1.165, 1.54) is 4.80 Å². The zero-order valence-electron chi connectivity index (χ0n) is 14.9. The summed E-state index contributed by atoms with van der Waals surface area (Å²) in [5.74, 6) is 0.213. The van der Waals surface area contributed by atoms with E-state index in [0.29, 0.717) is 16.2 Å². The van der Waals surface area contributed by atoms with Gasteiger partial charge in [0.15, 0.2) is 0 Å². The van der Waals surface area contributed by atoms with Gasteiger partial charge in [-0.3, -0.25) is 4.57 Å². The highest BCUT2D eigenvalue weighted by molar-refractivity contribution is 7.30. The van der Waals surface area contributed by atoms with E-state index in [0.717, 1.165) is 16.6 Å². The summed E-state index contributed by atoms with van der Waals surface area (Å²) in [4.78, 5) is 15.8. The highest BCUT2D eigenvalue weighted by Gasteiger charge is 2.22. The molecule has 3 aromatic rings. The van der Waals surface area contributed by atoms with Crippen molar-refractivity contribution in [2.75, 3.05) is 0 Å². The van der Waals surface area contributed by atoms with Crippen LogP contribution >= 0.6 is 19.9 Å². The quantitative estimate of drug-likeness (QED) is 0.540. The van der Waals surface area contributed by atoms with Crippen molar-refractivity contribution in [3.05, 3.63) is 46.5 Å². The summed E-state index contributed by atoms with van der Waals surface area (Å²) in [7, 11) is -3.13. The van der Waals surface area contributed by atoms with Gasteiger partial charge in [0, 0.05) is 10.6 Å². The number of hydrogen-bond donors (Lipinski definition) is 3. The van der Waals surface area contributed by atoms with Gasteiger partial charge in [-0.25, -0.2) is 0 Å². The van der Waals surface area contributed by atoms with E-state index in [4.69, 9.17) is 26.0 Å². The van der Waals surface area contributed by atoms with Crippen LogP contribution in [0, 0.1) is 6.92 Å². The first-order chi connectivity index (χ1) is 12.0. The van der Waals surface area contributed by atoms with Crippen LogP contribution in [0.15, 0.2) is 30.3 Å². The molecule has 1 aromatic heterocycles. The SMILES string of the molecule is Cc1cc(-n2nc3ccc(Cl)cc3n2)c(O)c(C(C)(C)C)c1.O=[PH](O)O. The Morgan fingerprint density at radius 2 is 1.65 bits per heavy atom. The van der Waals surface area contributed by atoms with Crippen LogP contribution in [0.1, 0.15) is 31.9 Å². The lowest BCUT2D eigenvalue weighted by Crippen LogP contribution is -2.13. The molecule has 0 saturated carbocycles. The molecule has 0 atom stereocenters. The lowest BCUT2D eigenvalue weighted by atomic mass is 9.85. The molecule has 3 N–H and O–H groups in total. The monoisotopic (exact) mass is 397 g/mol. The van der Waals surface area contributed by atoms with Crippen LogP contribution in [-0.4, -0.2) is 29.9 Å². The normalized spacial score (nSPS) is 11.5. The topological polar surface area (TPSA) is 108 Å². The second-order valence-corrected chi connectivity index (χ2v) is 7.84. The fraction of sp³-hybridized carbons (Fsp3) is 0.294. The largest absolute Gasteiger partial charge is 0.505 e. The van der Waals surface area contributed by atoms with E-state index in [1.54, 1.807) is 12.1 Å². The molecule has 26 heavy (non-hydrogen) atoms. The Bertz CT molecular complexity index is 963. The van der Waals surface area contributed by atoms with Gasteiger partial charge in [0.2, 0.25) is 0 Å². The number of benzene rings is 2. The van der Waals surface area contributed by atoms with Gasteiger partial charge in [-0.05, 0) is 42.2 Å². The summed E-state index contributed by atoms with van der Waals surface area (Å²) in [6.45, 7) is 8.20. The highest BCUT2D eigenvalue weighted by Crippen LogP contribution is 2.36. The maximum Gasteiger partial charge on any atom is 0.314 e. The predicted octanol–water partition coefficient (Wildman–Crippen LogP) is 3.75. The minimum absolute atomic E-state index is 0.166. The molecule has 0 fully saturated rings. The van der Waals surface area contributed by atoms with E-state index < -0.39 is 8.25 Å². The summed E-state index contributed by atoms with van der Waals surface area (Å²) in [6.07, 6.45) is 0. The molecule has 0 aliphatic carbocycles. The summed E-state index contributed by atoms with van der Waals surface area (Å²) in [6, 6.07) is 9.24. The third-order valence-electron chi connectivity index (χ3n) is 3.60. The van der Waals surface area contributed by atoms with Crippen molar-refractivity contribution in [2.24, 2.45) is 0 Å². The molecule has 0 radical (unpaired) electrons. The number of phenolic OH excluding ortho intramolecular Hbond substituents is 1. The van der Waals surface area contributed by atoms with Crippen molar-refractivity contribution in [3.63, 3.8) is 0 Å². The summed E-state index contributed by atoms with van der Waals surface area (Å²) >= 11 is 5.99. The van der Waals surface area contributed by atoms with Crippen LogP contribution < -0.4 is 0 Å². The first-order valence-corrected chi connectivity index (χ1v) is 9.46. The molecule has 2 aromatic carbocycles. The van der Waals surface area contributed by atoms with Crippen LogP contribution in [0.4, 0.5) is 0 Å². The molecule has 0 amide bonds. The fourth-order valence-corrected chi connectivity index (χ4v) is 2.65. The Kier molecular flexibility index (Phi) is 6.09.